The van der Waals surface area contributed by atoms with Gasteiger partial charge in [-0.2, -0.15) is 18.4 Å². The fourth-order valence-corrected chi connectivity index (χ4v) is 5.42. The van der Waals surface area contributed by atoms with E-state index >= 15 is 0 Å². The largest absolute Gasteiger partial charge is 0.492 e. The first kappa shape index (κ1) is 24.0. The Hall–Kier alpha value is -3.11. The van der Waals surface area contributed by atoms with Crippen LogP contribution in [0.15, 0.2) is 65.6 Å². The molecule has 0 unspecified atom stereocenters. The van der Waals surface area contributed by atoms with Crippen molar-refractivity contribution < 1.29 is 17.9 Å². The molecule has 3 nitrogen and oxygen atoms in total. The fourth-order valence-electron chi connectivity index (χ4n) is 4.18. The summed E-state index contributed by atoms with van der Waals surface area (Å²) in [5.74, 6) is 0.573. The number of benzene rings is 3. The Labute approximate surface area is 202 Å². The lowest BCUT2D eigenvalue weighted by molar-refractivity contribution is -0.137. The van der Waals surface area contributed by atoms with Gasteiger partial charge in [0.15, 0.2) is 0 Å². The number of hydrogen-bond acceptors (Lipinski definition) is 4. The van der Waals surface area contributed by atoms with Gasteiger partial charge in [-0.05, 0) is 89.9 Å². The Bertz CT molecular complexity index is 1230. The molecule has 0 spiro atoms. The van der Waals surface area contributed by atoms with E-state index in [-0.39, 0.29) is 5.41 Å². The molecule has 0 amide bonds. The number of ether oxygens (including phenoxy) is 1. The van der Waals surface area contributed by atoms with Crippen LogP contribution in [0.5, 0.6) is 5.75 Å². The van der Waals surface area contributed by atoms with Crippen LogP contribution >= 0.6 is 11.9 Å². The van der Waals surface area contributed by atoms with E-state index in [2.05, 4.69) is 30.3 Å². The van der Waals surface area contributed by atoms with Crippen molar-refractivity contribution in [2.24, 2.45) is 5.41 Å². The van der Waals surface area contributed by atoms with Crippen molar-refractivity contribution in [3.05, 3.63) is 77.4 Å². The van der Waals surface area contributed by atoms with E-state index in [0.717, 1.165) is 52.4 Å². The van der Waals surface area contributed by atoms with Gasteiger partial charge in [0.05, 0.1) is 23.4 Å². The van der Waals surface area contributed by atoms with E-state index in [1.165, 1.54) is 12.1 Å². The lowest BCUT2D eigenvalue weighted by Crippen LogP contribution is -2.36. The Morgan fingerprint density at radius 2 is 1.74 bits per heavy atom. The van der Waals surface area contributed by atoms with Gasteiger partial charge in [0, 0.05) is 11.4 Å². The van der Waals surface area contributed by atoms with Crippen molar-refractivity contribution in [3.8, 4) is 22.9 Å². The zero-order valence-electron chi connectivity index (χ0n) is 19.2. The molecule has 3 aromatic carbocycles. The molecule has 3 aromatic rings. The van der Waals surface area contributed by atoms with Gasteiger partial charge < -0.3 is 9.04 Å². The number of alkyl halides is 3. The van der Waals surface area contributed by atoms with Crippen LogP contribution in [-0.4, -0.2) is 13.2 Å². The smallest absolute Gasteiger partial charge is 0.416 e. The maximum atomic E-state index is 12.9. The SMILES string of the molecule is CCOc1cc(SN2CC(C)(C)Cc3cc(-c4ccc(C(F)(F)F)cc4)ccc32)ccc1C#N. The van der Waals surface area contributed by atoms with Crippen LogP contribution in [0.25, 0.3) is 11.1 Å². The van der Waals surface area contributed by atoms with Gasteiger partial charge in [-0.15, -0.1) is 0 Å². The number of anilines is 1. The average Bonchev–Trinajstić information content (AvgIpc) is 2.78. The quantitative estimate of drug-likeness (QED) is 0.349. The lowest BCUT2D eigenvalue weighted by Gasteiger charge is -2.40. The van der Waals surface area contributed by atoms with Crippen molar-refractivity contribution in [2.75, 3.05) is 17.5 Å². The topological polar surface area (TPSA) is 36.3 Å². The Morgan fingerprint density at radius 1 is 1.03 bits per heavy atom. The normalized spacial score (nSPS) is 14.9. The molecule has 0 radical (unpaired) electrons. The van der Waals surface area contributed by atoms with Gasteiger partial charge in [-0.25, -0.2) is 0 Å². The summed E-state index contributed by atoms with van der Waals surface area (Å²) in [4.78, 5) is 0.970. The first-order valence-corrected chi connectivity index (χ1v) is 11.8. The summed E-state index contributed by atoms with van der Waals surface area (Å²) in [7, 11) is 0. The summed E-state index contributed by atoms with van der Waals surface area (Å²) in [5.41, 5.74) is 3.76. The van der Waals surface area contributed by atoms with Crippen LogP contribution in [-0.2, 0) is 12.6 Å². The van der Waals surface area contributed by atoms with E-state index in [0.29, 0.717) is 17.9 Å². The monoisotopic (exact) mass is 482 g/mol. The molecular weight excluding hydrogens is 457 g/mol. The van der Waals surface area contributed by atoms with Crippen molar-refractivity contribution in [2.45, 2.75) is 38.3 Å². The maximum Gasteiger partial charge on any atom is 0.416 e. The minimum Gasteiger partial charge on any atom is -0.492 e. The van der Waals surface area contributed by atoms with Gasteiger partial charge in [0.25, 0.3) is 0 Å². The summed E-state index contributed by atoms with van der Waals surface area (Å²) in [6, 6.07) is 19.1. The second-order valence-corrected chi connectivity index (χ2v) is 10.2. The first-order chi connectivity index (χ1) is 16.1. The number of nitrogens with zero attached hydrogens (tertiary/aromatic N) is 2. The zero-order valence-corrected chi connectivity index (χ0v) is 20.1. The van der Waals surface area contributed by atoms with E-state index in [1.54, 1.807) is 18.0 Å². The van der Waals surface area contributed by atoms with Gasteiger partial charge >= 0.3 is 6.18 Å². The summed E-state index contributed by atoms with van der Waals surface area (Å²) in [6.45, 7) is 7.61. The standard InChI is InChI=1S/C27H25F3N2OS/c1-4-33-25-14-23(11-7-20(25)16-31)34-32-17-26(2,3)15-21-13-19(8-12-24(21)32)18-5-9-22(10-6-18)27(28,29)30/h5-14H,4,15,17H2,1-3H3. The van der Waals surface area contributed by atoms with E-state index < -0.39 is 11.7 Å². The predicted octanol–water partition coefficient (Wildman–Crippen LogP) is 7.74. The molecule has 34 heavy (non-hydrogen) atoms. The summed E-state index contributed by atoms with van der Waals surface area (Å²) >= 11 is 1.59. The molecule has 0 saturated heterocycles. The third kappa shape index (κ3) is 5.18. The summed E-state index contributed by atoms with van der Waals surface area (Å²) in [6.07, 6.45) is -3.48. The third-order valence-corrected chi connectivity index (χ3v) is 6.73. The van der Waals surface area contributed by atoms with E-state index in [4.69, 9.17) is 4.74 Å². The number of rotatable bonds is 5. The fraction of sp³-hybridized carbons (Fsp3) is 0.296. The van der Waals surface area contributed by atoms with Crippen LogP contribution in [0.3, 0.4) is 0 Å². The Balaban J connectivity index is 1.65. The highest BCUT2D eigenvalue weighted by atomic mass is 32.2. The van der Waals surface area contributed by atoms with Crippen molar-refractivity contribution in [3.63, 3.8) is 0 Å². The van der Waals surface area contributed by atoms with Crippen molar-refractivity contribution in [1.82, 2.24) is 0 Å². The van der Waals surface area contributed by atoms with Gasteiger partial charge in [-0.3, -0.25) is 0 Å². The molecule has 0 saturated carbocycles. The molecule has 0 atom stereocenters. The van der Waals surface area contributed by atoms with Crippen molar-refractivity contribution in [1.29, 1.82) is 5.26 Å². The van der Waals surface area contributed by atoms with Gasteiger partial charge in [-0.1, -0.05) is 32.0 Å². The molecule has 4 rings (SSSR count). The van der Waals surface area contributed by atoms with Crippen LogP contribution in [0.2, 0.25) is 0 Å². The average molecular weight is 483 g/mol. The maximum absolute atomic E-state index is 12.9. The zero-order chi connectivity index (χ0) is 24.5. The Morgan fingerprint density at radius 3 is 2.38 bits per heavy atom. The van der Waals surface area contributed by atoms with Gasteiger partial charge in [0.1, 0.15) is 11.8 Å². The molecule has 176 valence electrons. The second kappa shape index (κ2) is 9.27. The number of hydrogen-bond donors (Lipinski definition) is 0. The summed E-state index contributed by atoms with van der Waals surface area (Å²) < 4.78 is 46.7. The van der Waals surface area contributed by atoms with Gasteiger partial charge in [0.2, 0.25) is 0 Å². The highest BCUT2D eigenvalue weighted by Crippen LogP contribution is 2.43. The molecule has 0 N–H and O–H groups in total. The predicted molar refractivity (Wildman–Crippen MR) is 130 cm³/mol. The van der Waals surface area contributed by atoms with Crippen LogP contribution in [0.4, 0.5) is 18.9 Å². The van der Waals surface area contributed by atoms with Crippen LogP contribution in [0.1, 0.15) is 37.5 Å². The number of fused-ring (bicyclic) bond motifs is 1. The highest BCUT2D eigenvalue weighted by molar-refractivity contribution is 8.00. The van der Waals surface area contributed by atoms with E-state index in [1.807, 2.05) is 31.2 Å². The minimum absolute atomic E-state index is 0.00804. The molecule has 1 aliphatic rings. The first-order valence-electron chi connectivity index (χ1n) is 11.0. The lowest BCUT2D eigenvalue weighted by atomic mass is 9.81. The molecule has 1 heterocycles. The molecule has 1 aliphatic heterocycles. The van der Waals surface area contributed by atoms with Crippen molar-refractivity contribution >= 4 is 17.6 Å². The molecule has 0 fully saturated rings. The third-order valence-electron chi connectivity index (χ3n) is 5.72. The van der Waals surface area contributed by atoms with Crippen LogP contribution in [0, 0.1) is 16.7 Å². The minimum atomic E-state index is -4.34. The second-order valence-electron chi connectivity index (χ2n) is 9.09. The van der Waals surface area contributed by atoms with E-state index in [9.17, 15) is 18.4 Å². The Kier molecular flexibility index (Phi) is 6.55. The number of nitriles is 1. The molecule has 0 bridgehead atoms. The molecule has 0 aromatic heterocycles. The highest BCUT2D eigenvalue weighted by Gasteiger charge is 2.32. The van der Waals surface area contributed by atoms with Crippen LogP contribution < -0.4 is 9.04 Å². The molecule has 0 aliphatic carbocycles. The molecular formula is C27H25F3N2OS. The summed E-state index contributed by atoms with van der Waals surface area (Å²) in [5, 5.41) is 9.33. The molecule has 7 heteroatoms. The number of halogens is 3.